The second-order valence-corrected chi connectivity index (χ2v) is 5.50. The minimum absolute atomic E-state index is 0.113. The van der Waals surface area contributed by atoms with Crippen LogP contribution in [0.3, 0.4) is 0 Å². The Bertz CT molecular complexity index is 856. The summed E-state index contributed by atoms with van der Waals surface area (Å²) in [5.74, 6) is 0.693. The van der Waals surface area contributed by atoms with Gasteiger partial charge in [-0.15, -0.1) is 0 Å². The molecule has 0 aliphatic rings. The van der Waals surface area contributed by atoms with E-state index in [2.05, 4.69) is 4.98 Å². The Morgan fingerprint density at radius 1 is 1.17 bits per heavy atom. The number of aryl methyl sites for hydroxylation is 1. The molecule has 0 saturated heterocycles. The molecule has 1 N–H and O–H groups in total. The number of aliphatic hydroxyl groups is 1. The van der Waals surface area contributed by atoms with Gasteiger partial charge in [0.25, 0.3) is 5.56 Å². The molecule has 0 aliphatic heterocycles. The maximum Gasteiger partial charge on any atom is 0.261 e. The van der Waals surface area contributed by atoms with Crippen LogP contribution in [0.25, 0.3) is 10.9 Å². The van der Waals surface area contributed by atoms with E-state index in [-0.39, 0.29) is 18.7 Å². The minimum Gasteiger partial charge on any atom is -0.491 e. The van der Waals surface area contributed by atoms with E-state index in [9.17, 15) is 9.90 Å². The van der Waals surface area contributed by atoms with Gasteiger partial charge >= 0.3 is 0 Å². The number of fused-ring (bicyclic) bond motifs is 1. The van der Waals surface area contributed by atoms with Crippen molar-refractivity contribution >= 4 is 10.9 Å². The summed E-state index contributed by atoms with van der Waals surface area (Å²) in [6, 6.07) is 14.8. The van der Waals surface area contributed by atoms with Gasteiger partial charge in [0.15, 0.2) is 0 Å². The first kappa shape index (κ1) is 15.2. The van der Waals surface area contributed by atoms with Crippen LogP contribution in [0.1, 0.15) is 5.56 Å². The normalized spacial score (nSPS) is 12.3. The molecule has 5 heteroatoms. The summed E-state index contributed by atoms with van der Waals surface area (Å²) in [6.07, 6.45) is 0.664. The highest BCUT2D eigenvalue weighted by Gasteiger charge is 2.10. The number of rotatable bonds is 5. The van der Waals surface area contributed by atoms with Crippen LogP contribution in [0.5, 0.6) is 5.75 Å². The lowest BCUT2D eigenvalue weighted by atomic mass is 10.2. The Morgan fingerprint density at radius 3 is 2.70 bits per heavy atom. The smallest absolute Gasteiger partial charge is 0.261 e. The lowest BCUT2D eigenvalue weighted by molar-refractivity contribution is 0.0915. The summed E-state index contributed by atoms with van der Waals surface area (Å²) in [5.41, 5.74) is 1.64. The molecule has 0 bridgehead atoms. The van der Waals surface area contributed by atoms with Crippen LogP contribution >= 0.6 is 0 Å². The zero-order chi connectivity index (χ0) is 16.2. The summed E-state index contributed by atoms with van der Waals surface area (Å²) in [7, 11) is 0. The van der Waals surface area contributed by atoms with Crippen molar-refractivity contribution in [1.82, 2.24) is 9.55 Å². The molecule has 0 fully saturated rings. The van der Waals surface area contributed by atoms with Crippen LogP contribution in [0.15, 0.2) is 59.7 Å². The topological polar surface area (TPSA) is 64.3 Å². The van der Waals surface area contributed by atoms with Crippen LogP contribution in [0.2, 0.25) is 0 Å². The number of para-hydroxylation sites is 1. The Morgan fingerprint density at radius 2 is 1.91 bits per heavy atom. The molecular weight excluding hydrogens is 292 g/mol. The summed E-state index contributed by atoms with van der Waals surface area (Å²) < 4.78 is 6.94. The number of aromatic nitrogens is 2. The van der Waals surface area contributed by atoms with Crippen molar-refractivity contribution < 1.29 is 9.84 Å². The van der Waals surface area contributed by atoms with Crippen LogP contribution < -0.4 is 10.3 Å². The quantitative estimate of drug-likeness (QED) is 0.784. The summed E-state index contributed by atoms with van der Waals surface area (Å²) in [6.45, 7) is 2.25. The average molecular weight is 310 g/mol. The second-order valence-electron chi connectivity index (χ2n) is 5.50. The monoisotopic (exact) mass is 310 g/mol. The number of ether oxygens (including phenoxy) is 1. The van der Waals surface area contributed by atoms with Gasteiger partial charge in [-0.2, -0.15) is 0 Å². The zero-order valence-corrected chi connectivity index (χ0v) is 12.8. The molecule has 23 heavy (non-hydrogen) atoms. The highest BCUT2D eigenvalue weighted by atomic mass is 16.5. The van der Waals surface area contributed by atoms with Gasteiger partial charge in [-0.3, -0.25) is 9.36 Å². The molecule has 5 nitrogen and oxygen atoms in total. The van der Waals surface area contributed by atoms with Crippen molar-refractivity contribution in [2.75, 3.05) is 6.61 Å². The molecular formula is C18H18N2O3. The maximum absolute atomic E-state index is 12.3. The molecule has 1 heterocycles. The van der Waals surface area contributed by atoms with Gasteiger partial charge in [0.2, 0.25) is 0 Å². The lowest BCUT2D eigenvalue weighted by Crippen LogP contribution is -2.30. The Balaban J connectivity index is 1.68. The minimum atomic E-state index is -0.794. The van der Waals surface area contributed by atoms with Crippen LogP contribution in [-0.4, -0.2) is 27.4 Å². The molecule has 3 rings (SSSR count). The van der Waals surface area contributed by atoms with E-state index in [1.807, 2.05) is 37.3 Å². The van der Waals surface area contributed by atoms with Gasteiger partial charge in [0.05, 0.1) is 23.8 Å². The van der Waals surface area contributed by atoms with Crippen LogP contribution in [0.4, 0.5) is 0 Å². The Labute approximate surface area is 133 Å². The van der Waals surface area contributed by atoms with E-state index in [0.29, 0.717) is 16.7 Å². The van der Waals surface area contributed by atoms with E-state index in [1.165, 1.54) is 10.9 Å². The predicted octanol–water partition coefficient (Wildman–Crippen LogP) is 2.14. The van der Waals surface area contributed by atoms with Crippen molar-refractivity contribution in [3.05, 3.63) is 70.8 Å². The fourth-order valence-corrected chi connectivity index (χ4v) is 2.34. The molecule has 1 atom stereocenters. The molecule has 0 saturated carbocycles. The number of nitrogens with zero attached hydrogens (tertiary/aromatic N) is 2. The van der Waals surface area contributed by atoms with Gasteiger partial charge in [-0.1, -0.05) is 29.8 Å². The number of hydrogen-bond acceptors (Lipinski definition) is 4. The van der Waals surface area contributed by atoms with Gasteiger partial charge < -0.3 is 9.84 Å². The SMILES string of the molecule is Cc1ccc(OC[C@@H](O)Cn2cnc3ccccc3c2=O)cc1. The fourth-order valence-electron chi connectivity index (χ4n) is 2.34. The number of benzene rings is 2. The first-order chi connectivity index (χ1) is 11.1. The number of hydrogen-bond donors (Lipinski definition) is 1. The molecule has 0 aliphatic carbocycles. The largest absolute Gasteiger partial charge is 0.491 e. The predicted molar refractivity (Wildman–Crippen MR) is 88.7 cm³/mol. The highest BCUT2D eigenvalue weighted by Crippen LogP contribution is 2.12. The third kappa shape index (κ3) is 3.57. The van der Waals surface area contributed by atoms with Crippen molar-refractivity contribution in [3.63, 3.8) is 0 Å². The first-order valence-electron chi connectivity index (χ1n) is 7.45. The second kappa shape index (κ2) is 6.62. The van der Waals surface area contributed by atoms with Gasteiger partial charge in [0.1, 0.15) is 18.5 Å². The summed E-state index contributed by atoms with van der Waals surface area (Å²) in [5, 5.41) is 10.6. The fraction of sp³-hybridized carbons (Fsp3) is 0.222. The average Bonchev–Trinajstić information content (AvgIpc) is 2.57. The van der Waals surface area contributed by atoms with E-state index in [1.54, 1.807) is 18.2 Å². The zero-order valence-electron chi connectivity index (χ0n) is 12.8. The molecule has 118 valence electrons. The van der Waals surface area contributed by atoms with Crippen molar-refractivity contribution in [2.45, 2.75) is 19.6 Å². The molecule has 2 aromatic carbocycles. The van der Waals surface area contributed by atoms with Crippen LogP contribution in [0, 0.1) is 6.92 Å². The lowest BCUT2D eigenvalue weighted by Gasteiger charge is -2.14. The van der Waals surface area contributed by atoms with E-state index in [4.69, 9.17) is 4.74 Å². The van der Waals surface area contributed by atoms with E-state index >= 15 is 0 Å². The molecule has 0 radical (unpaired) electrons. The number of aliphatic hydroxyl groups excluding tert-OH is 1. The van der Waals surface area contributed by atoms with E-state index in [0.717, 1.165) is 5.56 Å². The Kier molecular flexibility index (Phi) is 4.39. The van der Waals surface area contributed by atoms with Crippen molar-refractivity contribution in [2.24, 2.45) is 0 Å². The summed E-state index contributed by atoms with van der Waals surface area (Å²) in [4.78, 5) is 16.6. The molecule has 3 aromatic rings. The van der Waals surface area contributed by atoms with E-state index < -0.39 is 6.10 Å². The molecule has 1 aromatic heterocycles. The highest BCUT2D eigenvalue weighted by molar-refractivity contribution is 5.76. The third-order valence-electron chi connectivity index (χ3n) is 3.60. The first-order valence-corrected chi connectivity index (χ1v) is 7.45. The Hall–Kier alpha value is -2.66. The van der Waals surface area contributed by atoms with Crippen molar-refractivity contribution in [3.8, 4) is 5.75 Å². The molecule has 0 spiro atoms. The van der Waals surface area contributed by atoms with Crippen molar-refractivity contribution in [1.29, 1.82) is 0 Å². The summed E-state index contributed by atoms with van der Waals surface area (Å²) >= 11 is 0. The standard InChI is InChI=1S/C18H18N2O3/c1-13-6-8-15(9-7-13)23-11-14(21)10-20-12-19-17-5-3-2-4-16(17)18(20)22/h2-9,12,14,21H,10-11H2,1H3/t14-/m0/s1. The maximum atomic E-state index is 12.3. The molecule has 0 amide bonds. The van der Waals surface area contributed by atoms with Crippen LogP contribution in [-0.2, 0) is 6.54 Å². The van der Waals surface area contributed by atoms with Gasteiger partial charge in [-0.05, 0) is 31.2 Å². The third-order valence-corrected chi connectivity index (χ3v) is 3.60. The van der Waals surface area contributed by atoms with Gasteiger partial charge in [0, 0.05) is 0 Å². The van der Waals surface area contributed by atoms with Gasteiger partial charge in [-0.25, -0.2) is 4.98 Å². The molecule has 0 unspecified atom stereocenters.